The van der Waals surface area contributed by atoms with E-state index < -0.39 is 0 Å². The largest absolute Gasteiger partial charge is 0.492 e. The molecule has 6 nitrogen and oxygen atoms in total. The van der Waals surface area contributed by atoms with Gasteiger partial charge in [-0.25, -0.2) is 0 Å². The van der Waals surface area contributed by atoms with E-state index in [0.717, 1.165) is 0 Å². The van der Waals surface area contributed by atoms with E-state index in [1.54, 1.807) is 54.6 Å². The van der Waals surface area contributed by atoms with Crippen LogP contribution in [0.4, 0.5) is 11.4 Å². The second-order valence-corrected chi connectivity index (χ2v) is 7.92. The van der Waals surface area contributed by atoms with E-state index in [1.165, 1.54) is 0 Å². The Morgan fingerprint density at radius 1 is 0.812 bits per heavy atom. The van der Waals surface area contributed by atoms with Gasteiger partial charge in [0.25, 0.3) is 11.8 Å². The molecule has 0 aromatic heterocycles. The summed E-state index contributed by atoms with van der Waals surface area (Å²) in [4.78, 5) is 24.9. The minimum Gasteiger partial charge on any atom is -0.492 e. The predicted octanol–water partition coefficient (Wildman–Crippen LogP) is 5.10. The fraction of sp³-hybridized carbons (Fsp3) is 0.160. The highest BCUT2D eigenvalue weighted by Crippen LogP contribution is 2.19. The molecule has 0 fully saturated rings. The van der Waals surface area contributed by atoms with Gasteiger partial charge < -0.3 is 15.4 Å². The molecule has 3 aromatic rings. The van der Waals surface area contributed by atoms with Gasteiger partial charge >= 0.3 is 0 Å². The van der Waals surface area contributed by atoms with Crippen LogP contribution >= 0.6 is 12.2 Å². The third-order valence-electron chi connectivity index (χ3n) is 4.37. The van der Waals surface area contributed by atoms with E-state index in [9.17, 15) is 9.59 Å². The van der Waals surface area contributed by atoms with Crippen LogP contribution in [-0.4, -0.2) is 23.5 Å². The first-order valence-electron chi connectivity index (χ1n) is 10.2. The lowest BCUT2D eigenvalue weighted by Crippen LogP contribution is -2.34. The second kappa shape index (κ2) is 11.1. The number of amides is 2. The smallest absolute Gasteiger partial charge is 0.261 e. The van der Waals surface area contributed by atoms with Crippen LogP contribution in [-0.2, 0) is 0 Å². The van der Waals surface area contributed by atoms with Crippen molar-refractivity contribution in [1.82, 2.24) is 5.32 Å². The van der Waals surface area contributed by atoms with Gasteiger partial charge in [0.1, 0.15) is 5.75 Å². The molecule has 0 aliphatic rings. The van der Waals surface area contributed by atoms with Gasteiger partial charge in [0.05, 0.1) is 12.2 Å². The van der Waals surface area contributed by atoms with Gasteiger partial charge in [-0.15, -0.1) is 0 Å². The van der Waals surface area contributed by atoms with E-state index in [-0.39, 0.29) is 16.9 Å². The molecule has 3 aromatic carbocycles. The second-order valence-electron chi connectivity index (χ2n) is 7.51. The summed E-state index contributed by atoms with van der Waals surface area (Å²) in [7, 11) is 0. The molecule has 2 amide bonds. The molecule has 3 N–H and O–H groups in total. The maximum Gasteiger partial charge on any atom is 0.261 e. The summed E-state index contributed by atoms with van der Waals surface area (Å²) in [5.41, 5.74) is 2.32. The number of carbonyl (C=O) groups excluding carboxylic acids is 2. The van der Waals surface area contributed by atoms with Gasteiger partial charge in [-0.3, -0.25) is 14.9 Å². The highest BCUT2D eigenvalue weighted by Gasteiger charge is 2.14. The Kier molecular flexibility index (Phi) is 7.94. The van der Waals surface area contributed by atoms with Crippen LogP contribution in [0.1, 0.15) is 34.6 Å². The number of carbonyl (C=O) groups is 2. The van der Waals surface area contributed by atoms with Crippen molar-refractivity contribution in [2.45, 2.75) is 13.8 Å². The Balaban J connectivity index is 1.56. The average Bonchev–Trinajstić information content (AvgIpc) is 2.79. The van der Waals surface area contributed by atoms with Crippen molar-refractivity contribution in [3.8, 4) is 5.75 Å². The van der Waals surface area contributed by atoms with Crippen molar-refractivity contribution in [2.24, 2.45) is 5.92 Å². The normalized spacial score (nSPS) is 10.3. The van der Waals surface area contributed by atoms with Crippen molar-refractivity contribution >= 4 is 40.5 Å². The third-order valence-corrected chi connectivity index (χ3v) is 4.57. The Bertz CT molecular complexity index is 1080. The first-order valence-corrected chi connectivity index (χ1v) is 10.6. The molecule has 0 unspecified atom stereocenters. The molecular weight excluding hydrogens is 422 g/mol. The van der Waals surface area contributed by atoms with Gasteiger partial charge in [0.15, 0.2) is 5.11 Å². The standard InChI is InChI=1S/C25H25N3O3S/c1-17(2)16-31-22-11-7-6-10-21(22)24(30)28-25(32)27-20-14-12-19(13-15-20)26-23(29)18-8-4-3-5-9-18/h3-15,17H,16H2,1-2H3,(H,26,29)(H2,27,28,30,32). The minimum absolute atomic E-state index is 0.162. The van der Waals surface area contributed by atoms with Gasteiger partial charge in [0.2, 0.25) is 0 Å². The molecule has 0 heterocycles. The van der Waals surface area contributed by atoms with Crippen LogP contribution in [0.25, 0.3) is 0 Å². The summed E-state index contributed by atoms with van der Waals surface area (Å²) in [5.74, 6) is 0.315. The zero-order valence-corrected chi connectivity index (χ0v) is 18.7. The lowest BCUT2D eigenvalue weighted by atomic mass is 10.2. The zero-order chi connectivity index (χ0) is 22.9. The molecule has 0 aliphatic carbocycles. The van der Waals surface area contributed by atoms with E-state index in [2.05, 4.69) is 16.0 Å². The van der Waals surface area contributed by atoms with Gasteiger partial charge in [-0.05, 0) is 66.7 Å². The summed E-state index contributed by atoms with van der Waals surface area (Å²) in [5, 5.41) is 8.64. The Hall–Kier alpha value is -3.71. The molecular formula is C25H25N3O3S. The highest BCUT2D eigenvalue weighted by molar-refractivity contribution is 7.80. The summed E-state index contributed by atoms with van der Waals surface area (Å²) in [6, 6.07) is 23.1. The summed E-state index contributed by atoms with van der Waals surface area (Å²) in [6.45, 7) is 4.60. The minimum atomic E-state index is -0.353. The van der Waals surface area contributed by atoms with Crippen LogP contribution in [0, 0.1) is 5.92 Å². The number of anilines is 2. The monoisotopic (exact) mass is 447 g/mol. The number of nitrogens with one attached hydrogen (secondary N) is 3. The van der Waals surface area contributed by atoms with Crippen LogP contribution in [0.15, 0.2) is 78.9 Å². The molecule has 3 rings (SSSR count). The van der Waals surface area contributed by atoms with Crippen molar-refractivity contribution < 1.29 is 14.3 Å². The predicted molar refractivity (Wildman–Crippen MR) is 131 cm³/mol. The summed E-state index contributed by atoms with van der Waals surface area (Å²) >= 11 is 5.27. The summed E-state index contributed by atoms with van der Waals surface area (Å²) < 4.78 is 5.74. The van der Waals surface area contributed by atoms with Crippen molar-refractivity contribution in [2.75, 3.05) is 17.2 Å². The lowest BCUT2D eigenvalue weighted by molar-refractivity contribution is 0.0971. The molecule has 7 heteroatoms. The van der Waals surface area contributed by atoms with Gasteiger partial charge in [-0.1, -0.05) is 44.2 Å². The maximum atomic E-state index is 12.7. The third kappa shape index (κ3) is 6.65. The number of thiocarbonyl (C=S) groups is 1. The fourth-order valence-corrected chi connectivity index (χ4v) is 3.01. The van der Waals surface area contributed by atoms with Crippen LogP contribution in [0.2, 0.25) is 0 Å². The zero-order valence-electron chi connectivity index (χ0n) is 17.9. The molecule has 0 atom stereocenters. The number of hydrogen-bond donors (Lipinski definition) is 3. The molecule has 0 saturated carbocycles. The first-order chi connectivity index (χ1) is 15.4. The molecule has 0 spiro atoms. The van der Waals surface area contributed by atoms with Gasteiger partial charge in [0, 0.05) is 16.9 Å². The van der Waals surface area contributed by atoms with E-state index >= 15 is 0 Å². The van der Waals surface area contributed by atoms with Crippen LogP contribution in [0.5, 0.6) is 5.75 Å². The van der Waals surface area contributed by atoms with E-state index in [4.69, 9.17) is 17.0 Å². The van der Waals surface area contributed by atoms with Crippen molar-refractivity contribution in [3.05, 3.63) is 90.0 Å². The topological polar surface area (TPSA) is 79.5 Å². The van der Waals surface area contributed by atoms with Crippen molar-refractivity contribution in [3.63, 3.8) is 0 Å². The van der Waals surface area contributed by atoms with Crippen LogP contribution < -0.4 is 20.7 Å². The molecule has 0 saturated heterocycles. The Labute approximate surface area is 193 Å². The van der Waals surface area contributed by atoms with E-state index in [1.807, 2.05) is 38.1 Å². The van der Waals surface area contributed by atoms with Gasteiger partial charge in [-0.2, -0.15) is 0 Å². The fourth-order valence-electron chi connectivity index (χ4n) is 2.80. The Morgan fingerprint density at radius 3 is 2.06 bits per heavy atom. The first kappa shape index (κ1) is 23.0. The highest BCUT2D eigenvalue weighted by atomic mass is 32.1. The maximum absolute atomic E-state index is 12.7. The number of rotatable bonds is 7. The number of ether oxygens (including phenoxy) is 1. The molecule has 0 radical (unpaired) electrons. The number of hydrogen-bond acceptors (Lipinski definition) is 4. The molecule has 0 bridgehead atoms. The van der Waals surface area contributed by atoms with E-state index in [0.29, 0.717) is 40.8 Å². The summed E-state index contributed by atoms with van der Waals surface area (Å²) in [6.07, 6.45) is 0. The lowest BCUT2D eigenvalue weighted by Gasteiger charge is -2.14. The van der Waals surface area contributed by atoms with Crippen LogP contribution in [0.3, 0.4) is 0 Å². The molecule has 0 aliphatic heterocycles. The Morgan fingerprint density at radius 2 is 1.41 bits per heavy atom. The molecule has 164 valence electrons. The average molecular weight is 448 g/mol. The van der Waals surface area contributed by atoms with Crippen molar-refractivity contribution in [1.29, 1.82) is 0 Å². The number of benzene rings is 3. The quantitative estimate of drug-likeness (QED) is 0.439. The number of para-hydroxylation sites is 1. The molecule has 32 heavy (non-hydrogen) atoms. The SMILES string of the molecule is CC(C)COc1ccccc1C(=O)NC(=S)Nc1ccc(NC(=O)c2ccccc2)cc1.